The Hall–Kier alpha value is -0.650. The standard InChI is InChI=1S/C12H20ClN5O2S.HI/c1-2-15-12(17-7-8-21(14,19)20)16-6-5-10-3-4-11(13)18-9-10;/h3-4,9H,2,5-8H2,1H3,(H2,14,19,20)(H2,15,16,17);1H. The highest BCUT2D eigenvalue weighted by atomic mass is 127. The van der Waals surface area contributed by atoms with Crippen LogP contribution in [0.5, 0.6) is 0 Å². The monoisotopic (exact) mass is 461 g/mol. The number of guanidine groups is 1. The van der Waals surface area contributed by atoms with E-state index in [2.05, 4.69) is 20.6 Å². The van der Waals surface area contributed by atoms with Gasteiger partial charge in [-0.25, -0.2) is 18.5 Å². The topological polar surface area (TPSA) is 109 Å². The van der Waals surface area contributed by atoms with Crippen LogP contribution in [0.4, 0.5) is 0 Å². The van der Waals surface area contributed by atoms with E-state index < -0.39 is 10.0 Å². The average molecular weight is 462 g/mol. The average Bonchev–Trinajstić information content (AvgIpc) is 2.39. The zero-order valence-corrected chi connectivity index (χ0v) is 16.2. The van der Waals surface area contributed by atoms with Crippen LogP contribution >= 0.6 is 35.6 Å². The van der Waals surface area contributed by atoms with E-state index in [1.54, 1.807) is 12.3 Å². The molecule has 0 aliphatic heterocycles. The number of nitrogens with one attached hydrogen (secondary N) is 2. The third kappa shape index (κ3) is 10.1. The second kappa shape index (κ2) is 11.0. The number of aliphatic imine (C=N–C) groups is 1. The summed E-state index contributed by atoms with van der Waals surface area (Å²) in [7, 11) is -3.49. The minimum Gasteiger partial charge on any atom is -0.357 e. The summed E-state index contributed by atoms with van der Waals surface area (Å²) < 4.78 is 21.7. The number of sulfonamides is 1. The molecule has 1 aromatic heterocycles. The molecule has 0 saturated heterocycles. The normalized spacial score (nSPS) is 11.7. The molecule has 126 valence electrons. The Balaban J connectivity index is 0.00000441. The van der Waals surface area contributed by atoms with Gasteiger partial charge in [0.15, 0.2) is 5.96 Å². The molecule has 7 nitrogen and oxygen atoms in total. The van der Waals surface area contributed by atoms with Crippen LogP contribution in [0.1, 0.15) is 12.5 Å². The minimum absolute atomic E-state index is 0. The number of rotatable bonds is 7. The smallest absolute Gasteiger partial charge is 0.210 e. The van der Waals surface area contributed by atoms with Gasteiger partial charge >= 0.3 is 0 Å². The molecule has 0 fully saturated rings. The Kier molecular flexibility index (Phi) is 10.6. The van der Waals surface area contributed by atoms with Crippen molar-refractivity contribution in [2.45, 2.75) is 13.3 Å². The van der Waals surface area contributed by atoms with E-state index in [0.29, 0.717) is 24.2 Å². The molecule has 0 aliphatic rings. The number of primary sulfonamides is 1. The van der Waals surface area contributed by atoms with Crippen molar-refractivity contribution in [2.24, 2.45) is 10.1 Å². The van der Waals surface area contributed by atoms with Crippen LogP contribution in [0.2, 0.25) is 5.15 Å². The zero-order valence-electron chi connectivity index (χ0n) is 12.3. The molecule has 0 amide bonds. The number of hydrogen-bond donors (Lipinski definition) is 3. The lowest BCUT2D eigenvalue weighted by Crippen LogP contribution is -2.38. The second-order valence-electron chi connectivity index (χ2n) is 4.29. The van der Waals surface area contributed by atoms with Gasteiger partial charge in [-0.1, -0.05) is 17.7 Å². The summed E-state index contributed by atoms with van der Waals surface area (Å²) in [4.78, 5) is 8.14. The number of pyridine rings is 1. The highest BCUT2D eigenvalue weighted by molar-refractivity contribution is 14.0. The van der Waals surface area contributed by atoms with Crippen molar-refractivity contribution in [1.82, 2.24) is 15.6 Å². The third-order valence-electron chi connectivity index (χ3n) is 2.48. The van der Waals surface area contributed by atoms with Crippen molar-refractivity contribution in [2.75, 3.05) is 25.4 Å². The first-order chi connectivity index (χ1) is 9.90. The van der Waals surface area contributed by atoms with Crippen LogP contribution in [-0.2, 0) is 16.4 Å². The maximum absolute atomic E-state index is 10.8. The predicted molar refractivity (Wildman–Crippen MR) is 100 cm³/mol. The lowest BCUT2D eigenvalue weighted by Gasteiger charge is -2.11. The highest BCUT2D eigenvalue weighted by Gasteiger charge is 2.02. The molecule has 1 rings (SSSR count). The van der Waals surface area contributed by atoms with Gasteiger partial charge in [0.1, 0.15) is 5.15 Å². The van der Waals surface area contributed by atoms with E-state index in [0.717, 1.165) is 12.0 Å². The van der Waals surface area contributed by atoms with Crippen molar-refractivity contribution in [1.29, 1.82) is 0 Å². The summed E-state index contributed by atoms with van der Waals surface area (Å²) in [6, 6.07) is 3.64. The highest BCUT2D eigenvalue weighted by Crippen LogP contribution is 2.05. The molecule has 0 bridgehead atoms. The molecular formula is C12H21ClIN5O2S. The lowest BCUT2D eigenvalue weighted by molar-refractivity contribution is 0.597. The minimum atomic E-state index is -3.49. The number of nitrogens with two attached hydrogens (primary N) is 1. The van der Waals surface area contributed by atoms with Crippen molar-refractivity contribution in [3.05, 3.63) is 29.0 Å². The Morgan fingerprint density at radius 2 is 2.14 bits per heavy atom. The van der Waals surface area contributed by atoms with E-state index in [-0.39, 0.29) is 36.3 Å². The van der Waals surface area contributed by atoms with Crippen LogP contribution < -0.4 is 15.8 Å². The van der Waals surface area contributed by atoms with E-state index in [1.807, 2.05) is 13.0 Å². The Morgan fingerprint density at radius 3 is 2.68 bits per heavy atom. The van der Waals surface area contributed by atoms with Gasteiger partial charge in [-0.05, 0) is 25.0 Å². The van der Waals surface area contributed by atoms with Crippen molar-refractivity contribution in [3.8, 4) is 0 Å². The molecule has 0 radical (unpaired) electrons. The van der Waals surface area contributed by atoms with Crippen molar-refractivity contribution < 1.29 is 8.42 Å². The summed E-state index contributed by atoms with van der Waals surface area (Å²) in [5.41, 5.74) is 1.05. The van der Waals surface area contributed by atoms with E-state index >= 15 is 0 Å². The summed E-state index contributed by atoms with van der Waals surface area (Å²) >= 11 is 5.72. The van der Waals surface area contributed by atoms with Crippen LogP contribution in [0.15, 0.2) is 23.3 Å². The molecule has 22 heavy (non-hydrogen) atoms. The lowest BCUT2D eigenvalue weighted by atomic mass is 10.2. The Labute approximate surface area is 153 Å². The number of hydrogen-bond acceptors (Lipinski definition) is 4. The molecule has 0 unspecified atom stereocenters. The Bertz CT molecular complexity index is 565. The predicted octanol–water partition coefficient (Wildman–Crippen LogP) is 0.739. The molecular weight excluding hydrogens is 441 g/mol. The van der Waals surface area contributed by atoms with Crippen LogP contribution in [-0.4, -0.2) is 44.7 Å². The largest absolute Gasteiger partial charge is 0.357 e. The molecule has 0 atom stereocenters. The van der Waals surface area contributed by atoms with Gasteiger partial charge in [-0.15, -0.1) is 24.0 Å². The number of aromatic nitrogens is 1. The maximum atomic E-state index is 10.8. The molecule has 0 aromatic carbocycles. The molecule has 1 aromatic rings. The number of nitrogens with zero attached hydrogens (tertiary/aromatic N) is 2. The molecule has 0 spiro atoms. The summed E-state index contributed by atoms with van der Waals surface area (Å²) in [6.45, 7) is 3.38. The SMILES string of the molecule is CCNC(=NCCS(N)(=O)=O)NCCc1ccc(Cl)nc1.I. The quantitative estimate of drug-likeness (QED) is 0.240. The first kappa shape index (κ1) is 21.4. The third-order valence-corrected chi connectivity index (χ3v) is 3.46. The zero-order chi connectivity index (χ0) is 15.7. The fourth-order valence-corrected chi connectivity index (χ4v) is 1.96. The molecule has 1 heterocycles. The molecule has 4 N–H and O–H groups in total. The fraction of sp³-hybridized carbons (Fsp3) is 0.500. The Morgan fingerprint density at radius 1 is 1.41 bits per heavy atom. The van der Waals surface area contributed by atoms with Gasteiger partial charge in [-0.3, -0.25) is 4.99 Å². The van der Waals surface area contributed by atoms with E-state index in [1.165, 1.54) is 0 Å². The van der Waals surface area contributed by atoms with Crippen molar-refractivity contribution in [3.63, 3.8) is 0 Å². The van der Waals surface area contributed by atoms with Gasteiger partial charge in [0.25, 0.3) is 0 Å². The van der Waals surface area contributed by atoms with E-state index in [9.17, 15) is 8.42 Å². The van der Waals surface area contributed by atoms with Gasteiger partial charge in [-0.2, -0.15) is 0 Å². The molecule has 0 aliphatic carbocycles. The summed E-state index contributed by atoms with van der Waals surface area (Å²) in [5.74, 6) is 0.382. The van der Waals surface area contributed by atoms with Gasteiger partial charge in [0, 0.05) is 19.3 Å². The first-order valence-corrected chi connectivity index (χ1v) is 8.63. The van der Waals surface area contributed by atoms with E-state index in [4.69, 9.17) is 16.7 Å². The van der Waals surface area contributed by atoms with Crippen LogP contribution in [0.3, 0.4) is 0 Å². The van der Waals surface area contributed by atoms with Gasteiger partial charge in [0.2, 0.25) is 10.0 Å². The molecule has 0 saturated carbocycles. The maximum Gasteiger partial charge on any atom is 0.210 e. The first-order valence-electron chi connectivity index (χ1n) is 6.54. The van der Waals surface area contributed by atoms with Gasteiger partial charge < -0.3 is 10.6 Å². The number of halogens is 2. The fourth-order valence-electron chi connectivity index (χ4n) is 1.51. The van der Waals surface area contributed by atoms with Crippen LogP contribution in [0, 0.1) is 0 Å². The van der Waals surface area contributed by atoms with Crippen molar-refractivity contribution >= 4 is 51.6 Å². The second-order valence-corrected chi connectivity index (χ2v) is 6.41. The molecule has 10 heteroatoms. The summed E-state index contributed by atoms with van der Waals surface area (Å²) in [5, 5.41) is 11.5. The summed E-state index contributed by atoms with van der Waals surface area (Å²) in [6.07, 6.45) is 2.47. The van der Waals surface area contributed by atoms with Crippen LogP contribution in [0.25, 0.3) is 0 Å². The van der Waals surface area contributed by atoms with Gasteiger partial charge in [0.05, 0.1) is 12.3 Å².